The molecule has 1 unspecified atom stereocenters. The van der Waals surface area contributed by atoms with Gasteiger partial charge in [-0.05, 0) is 61.8 Å². The van der Waals surface area contributed by atoms with Crippen molar-refractivity contribution in [2.45, 2.75) is 76.4 Å². The number of rotatable bonds is 10. The van der Waals surface area contributed by atoms with Crippen LogP contribution in [0.2, 0.25) is 5.82 Å². The predicted octanol–water partition coefficient (Wildman–Crippen LogP) is 1.82. The number of hydrogen-bond acceptors (Lipinski definition) is 5. The van der Waals surface area contributed by atoms with Crippen LogP contribution in [0, 0.1) is 17.3 Å². The normalized spacial score (nSPS) is 30.6. The molecule has 0 spiro atoms. The fraction of sp³-hybridized carbons (Fsp3) is 0.680. The smallest absolute Gasteiger partial charge is 0.405 e. The molecule has 186 valence electrons. The Kier molecular flexibility index (Phi) is 7.26. The van der Waals surface area contributed by atoms with Gasteiger partial charge in [-0.1, -0.05) is 44.2 Å². The quantitative estimate of drug-likeness (QED) is 0.179. The van der Waals surface area contributed by atoms with Crippen molar-refractivity contribution in [1.82, 2.24) is 5.32 Å². The van der Waals surface area contributed by atoms with Gasteiger partial charge in [-0.25, -0.2) is 0 Å². The third-order valence-electron chi connectivity index (χ3n) is 8.54. The third kappa shape index (κ3) is 4.97. The predicted molar refractivity (Wildman–Crippen MR) is 135 cm³/mol. The Morgan fingerprint density at radius 3 is 2.65 bits per heavy atom. The Hall–Kier alpha value is -2.10. The van der Waals surface area contributed by atoms with Gasteiger partial charge in [-0.2, -0.15) is 0 Å². The Bertz CT molecular complexity index is 894. The molecule has 3 aliphatic carbocycles. The minimum absolute atomic E-state index is 0.0112. The molecular formula is C25H40BN5O3. The molecule has 1 amide bonds. The maximum absolute atomic E-state index is 12.7. The van der Waals surface area contributed by atoms with Crippen LogP contribution in [0.15, 0.2) is 35.3 Å². The summed E-state index contributed by atoms with van der Waals surface area (Å²) in [6.45, 7) is 7.85. The van der Waals surface area contributed by atoms with Crippen LogP contribution in [0.1, 0.15) is 52.0 Å². The standard InChI is InChI=1S/C25H40BN5O3/c1-24(2)17-13-20(24)25(3)21(14-17)33-26(34-25)18(12-16-8-5-4-6-9-16)15-31-22(32)19(27)10-7-11-30-23(28)29/h4-6,8-9,17-21H,7,10-15,27H2,1-3H3,(H,31,32)(H4,28,29,30)/t17-,18?,19+,20-,21+,25-/m1/s1. The van der Waals surface area contributed by atoms with Gasteiger partial charge >= 0.3 is 7.12 Å². The summed E-state index contributed by atoms with van der Waals surface area (Å²) in [6, 6.07) is 9.68. The zero-order chi connectivity index (χ0) is 24.5. The molecule has 34 heavy (non-hydrogen) atoms. The van der Waals surface area contributed by atoms with Crippen molar-refractivity contribution in [3.05, 3.63) is 35.9 Å². The molecule has 1 aromatic rings. The summed E-state index contributed by atoms with van der Waals surface area (Å²) in [7, 11) is -0.358. The van der Waals surface area contributed by atoms with Gasteiger partial charge in [0, 0.05) is 18.9 Å². The van der Waals surface area contributed by atoms with Gasteiger partial charge in [0.25, 0.3) is 0 Å². The average Bonchev–Trinajstić information content (AvgIpc) is 3.16. The maximum atomic E-state index is 12.7. The van der Waals surface area contributed by atoms with E-state index in [4.69, 9.17) is 26.5 Å². The molecule has 1 aromatic carbocycles. The van der Waals surface area contributed by atoms with Gasteiger partial charge in [0.15, 0.2) is 5.96 Å². The highest BCUT2D eigenvalue weighted by Gasteiger charge is 2.68. The summed E-state index contributed by atoms with van der Waals surface area (Å²) in [5.41, 5.74) is 18.0. The lowest BCUT2D eigenvalue weighted by Gasteiger charge is -2.64. The van der Waals surface area contributed by atoms with Crippen LogP contribution in [0.5, 0.6) is 0 Å². The number of amides is 1. The lowest BCUT2D eigenvalue weighted by molar-refractivity contribution is -0.199. The van der Waals surface area contributed by atoms with Crippen LogP contribution in [-0.4, -0.2) is 49.8 Å². The second-order valence-corrected chi connectivity index (χ2v) is 11.1. The van der Waals surface area contributed by atoms with E-state index < -0.39 is 6.04 Å². The van der Waals surface area contributed by atoms with E-state index in [0.29, 0.717) is 37.8 Å². The van der Waals surface area contributed by atoms with E-state index in [9.17, 15) is 4.79 Å². The van der Waals surface area contributed by atoms with E-state index in [-0.39, 0.29) is 41.9 Å². The Morgan fingerprint density at radius 1 is 1.24 bits per heavy atom. The van der Waals surface area contributed by atoms with Gasteiger partial charge in [-0.3, -0.25) is 9.79 Å². The van der Waals surface area contributed by atoms with E-state index in [2.05, 4.69) is 43.2 Å². The Balaban J connectivity index is 1.39. The highest BCUT2D eigenvalue weighted by Crippen LogP contribution is 2.66. The molecule has 7 N–H and O–H groups in total. The number of nitrogens with one attached hydrogen (secondary N) is 1. The number of hydrogen-bond donors (Lipinski definition) is 4. The van der Waals surface area contributed by atoms with E-state index in [0.717, 1.165) is 12.8 Å². The van der Waals surface area contributed by atoms with Crippen LogP contribution < -0.4 is 22.5 Å². The average molecular weight is 469 g/mol. The molecule has 4 fully saturated rings. The molecule has 0 radical (unpaired) electrons. The van der Waals surface area contributed by atoms with Crippen molar-refractivity contribution >= 4 is 19.0 Å². The van der Waals surface area contributed by atoms with Gasteiger partial charge in [0.2, 0.25) is 5.91 Å². The summed E-state index contributed by atoms with van der Waals surface area (Å²) in [6.07, 6.45) is 4.28. The second kappa shape index (κ2) is 9.87. The van der Waals surface area contributed by atoms with Crippen molar-refractivity contribution < 1.29 is 14.1 Å². The monoisotopic (exact) mass is 469 g/mol. The maximum Gasteiger partial charge on any atom is 0.463 e. The van der Waals surface area contributed by atoms with Crippen molar-refractivity contribution in [3.63, 3.8) is 0 Å². The molecule has 0 aromatic heterocycles. The first kappa shape index (κ1) is 25.0. The largest absolute Gasteiger partial charge is 0.463 e. The molecule has 5 rings (SSSR count). The van der Waals surface area contributed by atoms with Crippen molar-refractivity contribution in [2.24, 2.45) is 39.4 Å². The van der Waals surface area contributed by atoms with E-state index in [1.54, 1.807) is 0 Å². The SMILES string of the molecule is CC1(C)[C@H]2C[C@@H]3OB(C(CNC(=O)[C@@H](N)CCCN=C(N)N)Cc4ccccc4)O[C@]3(C)[C@@H]1C2. The van der Waals surface area contributed by atoms with Gasteiger partial charge in [-0.15, -0.1) is 0 Å². The molecule has 8 nitrogen and oxygen atoms in total. The Labute approximate surface area is 203 Å². The van der Waals surface area contributed by atoms with Crippen LogP contribution in [-0.2, 0) is 20.5 Å². The highest BCUT2D eigenvalue weighted by atomic mass is 16.7. The summed E-state index contributed by atoms with van der Waals surface area (Å²) < 4.78 is 13.3. The Morgan fingerprint density at radius 2 is 1.97 bits per heavy atom. The zero-order valence-corrected chi connectivity index (χ0v) is 20.7. The summed E-state index contributed by atoms with van der Waals surface area (Å²) in [4.78, 5) is 16.6. The number of nitrogens with two attached hydrogens (primary N) is 3. The summed E-state index contributed by atoms with van der Waals surface area (Å²) >= 11 is 0. The molecule has 1 aliphatic heterocycles. The zero-order valence-electron chi connectivity index (χ0n) is 20.7. The number of aliphatic imine (C=N–C) groups is 1. The van der Waals surface area contributed by atoms with Crippen molar-refractivity contribution in [3.8, 4) is 0 Å². The van der Waals surface area contributed by atoms with Crippen LogP contribution in [0.25, 0.3) is 0 Å². The summed E-state index contributed by atoms with van der Waals surface area (Å²) in [5, 5.41) is 3.05. The second-order valence-electron chi connectivity index (χ2n) is 11.1. The number of nitrogens with zero attached hydrogens (tertiary/aromatic N) is 1. The molecule has 1 saturated heterocycles. The van der Waals surface area contributed by atoms with Crippen LogP contribution in [0.4, 0.5) is 0 Å². The van der Waals surface area contributed by atoms with E-state index in [1.807, 2.05) is 18.2 Å². The molecule has 1 heterocycles. The van der Waals surface area contributed by atoms with Gasteiger partial charge < -0.3 is 31.8 Å². The number of carbonyl (C=O) groups is 1. The minimum Gasteiger partial charge on any atom is -0.405 e. The fourth-order valence-corrected chi connectivity index (χ4v) is 6.30. The molecule has 2 bridgehead atoms. The van der Waals surface area contributed by atoms with Gasteiger partial charge in [0.05, 0.1) is 17.7 Å². The number of guanidine groups is 1. The molecule has 9 heteroatoms. The first-order valence-corrected chi connectivity index (χ1v) is 12.6. The van der Waals surface area contributed by atoms with Crippen molar-refractivity contribution in [2.75, 3.05) is 13.1 Å². The van der Waals surface area contributed by atoms with Crippen LogP contribution in [0.3, 0.4) is 0 Å². The van der Waals surface area contributed by atoms with Crippen LogP contribution >= 0.6 is 0 Å². The molecular weight excluding hydrogens is 429 g/mol. The third-order valence-corrected chi connectivity index (χ3v) is 8.54. The van der Waals surface area contributed by atoms with Crippen molar-refractivity contribution in [1.29, 1.82) is 0 Å². The van der Waals surface area contributed by atoms with E-state index >= 15 is 0 Å². The summed E-state index contributed by atoms with van der Waals surface area (Å²) in [5.74, 6) is 1.06. The topological polar surface area (TPSA) is 138 Å². The number of carbonyl (C=O) groups excluding carboxylic acids is 1. The fourth-order valence-electron chi connectivity index (χ4n) is 6.30. The molecule has 3 saturated carbocycles. The first-order valence-electron chi connectivity index (χ1n) is 12.6. The lowest BCUT2D eigenvalue weighted by Crippen LogP contribution is -2.65. The lowest BCUT2D eigenvalue weighted by atomic mass is 9.43. The van der Waals surface area contributed by atoms with Gasteiger partial charge in [0.1, 0.15) is 0 Å². The molecule has 6 atom stereocenters. The first-order chi connectivity index (χ1) is 16.1. The minimum atomic E-state index is -0.606. The highest BCUT2D eigenvalue weighted by molar-refractivity contribution is 6.47. The molecule has 4 aliphatic rings. The van der Waals surface area contributed by atoms with E-state index in [1.165, 1.54) is 12.0 Å². The number of benzene rings is 1.